The van der Waals surface area contributed by atoms with Crippen molar-refractivity contribution in [1.29, 1.82) is 0 Å². The molecular weight excluding hydrogens is 230 g/mol. The molecule has 1 aromatic rings. The van der Waals surface area contributed by atoms with Crippen molar-refractivity contribution >= 4 is 11.8 Å². The van der Waals surface area contributed by atoms with Crippen LogP contribution >= 0.6 is 0 Å². The number of nitrogens with two attached hydrogens (primary N) is 1. The van der Waals surface area contributed by atoms with Crippen molar-refractivity contribution in [2.75, 3.05) is 18.5 Å². The van der Waals surface area contributed by atoms with E-state index in [9.17, 15) is 4.79 Å². The maximum Gasteiger partial charge on any atom is 0.339 e. The number of hydrogen-bond acceptors (Lipinski definition) is 5. The smallest absolute Gasteiger partial charge is 0.339 e. The topological polar surface area (TPSA) is 77.2 Å². The van der Waals surface area contributed by atoms with Crippen molar-refractivity contribution in [3.63, 3.8) is 0 Å². The molecule has 1 saturated carbocycles. The highest BCUT2D eigenvalue weighted by Crippen LogP contribution is 2.31. The molecular formula is C13H19N3O2. The Morgan fingerprint density at radius 1 is 1.61 bits per heavy atom. The van der Waals surface area contributed by atoms with Crippen LogP contribution in [0.15, 0.2) is 18.3 Å². The molecule has 1 unspecified atom stereocenters. The summed E-state index contributed by atoms with van der Waals surface area (Å²) in [5.41, 5.74) is 6.45. The number of carbonyl (C=O) groups excluding carboxylic acids is 1. The minimum Gasteiger partial charge on any atom is -0.462 e. The number of rotatable bonds is 6. The van der Waals surface area contributed by atoms with Gasteiger partial charge >= 0.3 is 5.97 Å². The summed E-state index contributed by atoms with van der Waals surface area (Å²) in [5.74, 6) is 1.06. The molecule has 2 rings (SSSR count). The summed E-state index contributed by atoms with van der Waals surface area (Å²) in [4.78, 5) is 15.6. The van der Waals surface area contributed by atoms with E-state index in [1.54, 1.807) is 19.1 Å². The van der Waals surface area contributed by atoms with Crippen molar-refractivity contribution in [1.82, 2.24) is 4.98 Å². The van der Waals surface area contributed by atoms with Gasteiger partial charge in [-0.2, -0.15) is 0 Å². The number of pyridine rings is 1. The molecule has 3 N–H and O–H groups in total. The molecule has 1 fully saturated rings. The third-order valence-corrected chi connectivity index (χ3v) is 3.02. The van der Waals surface area contributed by atoms with Crippen LogP contribution in [0.1, 0.15) is 30.1 Å². The summed E-state index contributed by atoms with van der Waals surface area (Å²) >= 11 is 0. The highest BCUT2D eigenvalue weighted by atomic mass is 16.5. The van der Waals surface area contributed by atoms with Crippen LogP contribution in [0, 0.1) is 5.92 Å². The normalized spacial score (nSPS) is 16.1. The monoisotopic (exact) mass is 249 g/mol. The standard InChI is InChI=1S/C13H19N3O2/c1-2-18-13(17)10-5-6-12(15-7-10)16-8-11(14)9-3-4-9/h5-7,9,11H,2-4,8,14H2,1H3,(H,15,16). The van der Waals surface area contributed by atoms with Gasteiger partial charge in [0.15, 0.2) is 0 Å². The molecule has 5 nitrogen and oxygen atoms in total. The summed E-state index contributed by atoms with van der Waals surface area (Å²) in [6.45, 7) is 2.87. The summed E-state index contributed by atoms with van der Waals surface area (Å²) < 4.78 is 4.89. The fraction of sp³-hybridized carbons (Fsp3) is 0.538. The van der Waals surface area contributed by atoms with Crippen LogP contribution in [0.2, 0.25) is 0 Å². The second-order valence-corrected chi connectivity index (χ2v) is 4.53. The third kappa shape index (κ3) is 3.43. The molecule has 1 aliphatic carbocycles. The lowest BCUT2D eigenvalue weighted by Gasteiger charge is -2.12. The van der Waals surface area contributed by atoms with Crippen molar-refractivity contribution in [3.05, 3.63) is 23.9 Å². The summed E-state index contributed by atoms with van der Waals surface area (Å²) in [5, 5.41) is 3.18. The number of aromatic nitrogens is 1. The van der Waals surface area contributed by atoms with Gasteiger partial charge in [0, 0.05) is 18.8 Å². The molecule has 5 heteroatoms. The van der Waals surface area contributed by atoms with Gasteiger partial charge in [-0.3, -0.25) is 0 Å². The van der Waals surface area contributed by atoms with Gasteiger partial charge in [-0.25, -0.2) is 9.78 Å². The molecule has 0 bridgehead atoms. The Balaban J connectivity index is 1.84. The first-order valence-corrected chi connectivity index (χ1v) is 6.33. The fourth-order valence-electron chi connectivity index (χ4n) is 1.75. The second kappa shape index (κ2) is 5.82. The zero-order valence-corrected chi connectivity index (χ0v) is 10.6. The lowest BCUT2D eigenvalue weighted by molar-refractivity contribution is 0.0526. The van der Waals surface area contributed by atoms with E-state index in [1.807, 2.05) is 0 Å². The maximum atomic E-state index is 11.4. The average Bonchev–Trinajstić information content (AvgIpc) is 3.21. The van der Waals surface area contributed by atoms with Gasteiger partial charge in [-0.05, 0) is 37.8 Å². The molecule has 1 atom stereocenters. The molecule has 98 valence electrons. The Labute approximate surface area is 107 Å². The van der Waals surface area contributed by atoms with Crippen LogP contribution in [-0.2, 0) is 4.74 Å². The first-order chi connectivity index (χ1) is 8.70. The van der Waals surface area contributed by atoms with E-state index in [0.717, 1.165) is 12.4 Å². The lowest BCUT2D eigenvalue weighted by Crippen LogP contribution is -2.31. The van der Waals surface area contributed by atoms with Crippen molar-refractivity contribution in [2.45, 2.75) is 25.8 Å². The molecule has 0 spiro atoms. The van der Waals surface area contributed by atoms with E-state index < -0.39 is 0 Å². The Hall–Kier alpha value is -1.62. The van der Waals surface area contributed by atoms with Gasteiger partial charge in [-0.1, -0.05) is 0 Å². The van der Waals surface area contributed by atoms with E-state index in [0.29, 0.717) is 18.1 Å². The van der Waals surface area contributed by atoms with E-state index in [1.165, 1.54) is 19.0 Å². The Kier molecular flexibility index (Phi) is 4.15. The molecule has 0 aromatic carbocycles. The molecule has 18 heavy (non-hydrogen) atoms. The number of hydrogen-bond donors (Lipinski definition) is 2. The Bertz CT molecular complexity index is 401. The SMILES string of the molecule is CCOC(=O)c1ccc(NCC(N)C2CC2)nc1. The zero-order valence-electron chi connectivity index (χ0n) is 10.6. The second-order valence-electron chi connectivity index (χ2n) is 4.53. The molecule has 1 aliphatic rings. The van der Waals surface area contributed by atoms with Gasteiger partial charge in [0.1, 0.15) is 5.82 Å². The van der Waals surface area contributed by atoms with Gasteiger partial charge in [0.05, 0.1) is 12.2 Å². The van der Waals surface area contributed by atoms with Crippen LogP contribution < -0.4 is 11.1 Å². The van der Waals surface area contributed by atoms with Gasteiger partial charge in [0.25, 0.3) is 0 Å². The Morgan fingerprint density at radius 3 is 2.94 bits per heavy atom. The molecule has 1 aromatic heterocycles. The lowest BCUT2D eigenvalue weighted by atomic mass is 10.2. The number of ether oxygens (including phenoxy) is 1. The minimum atomic E-state index is -0.341. The van der Waals surface area contributed by atoms with E-state index in [2.05, 4.69) is 10.3 Å². The number of nitrogens with zero attached hydrogens (tertiary/aromatic N) is 1. The predicted molar refractivity (Wildman–Crippen MR) is 69.4 cm³/mol. The van der Waals surface area contributed by atoms with Crippen molar-refractivity contribution < 1.29 is 9.53 Å². The highest BCUT2D eigenvalue weighted by molar-refractivity contribution is 5.89. The van der Waals surface area contributed by atoms with Crippen molar-refractivity contribution in [3.8, 4) is 0 Å². The van der Waals surface area contributed by atoms with Gasteiger partial charge < -0.3 is 15.8 Å². The third-order valence-electron chi connectivity index (χ3n) is 3.02. The van der Waals surface area contributed by atoms with Crippen LogP contribution in [0.25, 0.3) is 0 Å². The predicted octanol–water partition coefficient (Wildman–Crippen LogP) is 1.41. The molecule has 1 heterocycles. The first kappa shape index (κ1) is 12.8. The minimum absolute atomic E-state index is 0.191. The summed E-state index contributed by atoms with van der Waals surface area (Å²) in [6.07, 6.45) is 3.99. The highest BCUT2D eigenvalue weighted by Gasteiger charge is 2.28. The van der Waals surface area contributed by atoms with Crippen molar-refractivity contribution in [2.24, 2.45) is 11.7 Å². The zero-order chi connectivity index (χ0) is 13.0. The van der Waals surface area contributed by atoms with Crippen LogP contribution in [0.4, 0.5) is 5.82 Å². The molecule has 0 amide bonds. The van der Waals surface area contributed by atoms with Crippen LogP contribution in [-0.4, -0.2) is 30.1 Å². The number of esters is 1. The Morgan fingerprint density at radius 2 is 2.39 bits per heavy atom. The maximum absolute atomic E-state index is 11.4. The number of anilines is 1. The quantitative estimate of drug-likeness (QED) is 0.745. The van der Waals surface area contributed by atoms with Crippen LogP contribution in [0.5, 0.6) is 0 Å². The summed E-state index contributed by atoms with van der Waals surface area (Å²) in [7, 11) is 0. The van der Waals surface area contributed by atoms with Gasteiger partial charge in [-0.15, -0.1) is 0 Å². The number of carbonyl (C=O) groups is 1. The van der Waals surface area contributed by atoms with E-state index >= 15 is 0 Å². The largest absolute Gasteiger partial charge is 0.462 e. The molecule has 0 radical (unpaired) electrons. The molecule has 0 saturated heterocycles. The van der Waals surface area contributed by atoms with Gasteiger partial charge in [0.2, 0.25) is 0 Å². The summed E-state index contributed by atoms with van der Waals surface area (Å²) in [6, 6.07) is 3.67. The molecule has 0 aliphatic heterocycles. The average molecular weight is 249 g/mol. The number of nitrogens with one attached hydrogen (secondary N) is 1. The van der Waals surface area contributed by atoms with E-state index in [4.69, 9.17) is 10.5 Å². The fourth-order valence-corrected chi connectivity index (χ4v) is 1.75. The van der Waals surface area contributed by atoms with E-state index in [-0.39, 0.29) is 12.0 Å². The first-order valence-electron chi connectivity index (χ1n) is 6.33. The van der Waals surface area contributed by atoms with Crippen LogP contribution in [0.3, 0.4) is 0 Å².